The van der Waals surface area contributed by atoms with Crippen LogP contribution in [-0.2, 0) is 4.74 Å². The Hall–Kier alpha value is -1.13. The molecule has 0 radical (unpaired) electrons. The van der Waals surface area contributed by atoms with Crippen LogP contribution >= 0.6 is 0 Å². The van der Waals surface area contributed by atoms with Crippen molar-refractivity contribution in [3.63, 3.8) is 0 Å². The highest BCUT2D eigenvalue weighted by atomic mass is 16.5. The van der Waals surface area contributed by atoms with Crippen molar-refractivity contribution in [3.8, 4) is 0 Å². The number of rotatable bonds is 3. The van der Waals surface area contributed by atoms with Crippen LogP contribution in [0.15, 0.2) is 23.0 Å². The molecule has 1 atom stereocenters. The maximum Gasteiger partial charge on any atom is 0.248 e. The van der Waals surface area contributed by atoms with Crippen molar-refractivity contribution in [2.24, 2.45) is 5.73 Å². The largest absolute Gasteiger partial charge is 0.383 e. The van der Waals surface area contributed by atoms with Gasteiger partial charge in [-0.2, -0.15) is 0 Å². The highest BCUT2D eigenvalue weighted by Crippen LogP contribution is 2.03. The first-order valence-corrected chi connectivity index (χ1v) is 3.68. The van der Waals surface area contributed by atoms with E-state index >= 15 is 0 Å². The summed E-state index contributed by atoms with van der Waals surface area (Å²) in [6.45, 7) is 0.403. The lowest BCUT2D eigenvalue weighted by atomic mass is 10.2. The molecular formula is C8H12N2O2. The summed E-state index contributed by atoms with van der Waals surface area (Å²) in [5, 5.41) is 0. The first-order valence-electron chi connectivity index (χ1n) is 3.68. The van der Waals surface area contributed by atoms with Crippen LogP contribution in [0, 0.1) is 0 Å². The number of H-pyrrole nitrogens is 1. The highest BCUT2D eigenvalue weighted by molar-refractivity contribution is 5.07. The fourth-order valence-corrected chi connectivity index (χ4v) is 0.950. The Morgan fingerprint density at radius 2 is 2.42 bits per heavy atom. The molecule has 1 aromatic rings. The summed E-state index contributed by atoms with van der Waals surface area (Å²) in [6.07, 6.45) is 0. The zero-order chi connectivity index (χ0) is 8.97. The molecule has 4 nitrogen and oxygen atoms in total. The van der Waals surface area contributed by atoms with Gasteiger partial charge in [0.15, 0.2) is 0 Å². The molecule has 0 saturated carbocycles. The third kappa shape index (κ3) is 2.18. The smallest absolute Gasteiger partial charge is 0.248 e. The number of ether oxygens (including phenoxy) is 1. The van der Waals surface area contributed by atoms with Gasteiger partial charge in [-0.1, -0.05) is 6.07 Å². The molecule has 0 fully saturated rings. The Labute approximate surface area is 70.4 Å². The lowest BCUT2D eigenvalue weighted by Gasteiger charge is -2.09. The molecule has 0 aromatic carbocycles. The van der Waals surface area contributed by atoms with E-state index in [1.54, 1.807) is 19.2 Å². The molecule has 1 heterocycles. The minimum Gasteiger partial charge on any atom is -0.383 e. The van der Waals surface area contributed by atoms with E-state index in [4.69, 9.17) is 10.5 Å². The van der Waals surface area contributed by atoms with Crippen LogP contribution in [0.1, 0.15) is 11.7 Å². The van der Waals surface area contributed by atoms with Crippen molar-refractivity contribution >= 4 is 0 Å². The molecule has 1 unspecified atom stereocenters. The van der Waals surface area contributed by atoms with Gasteiger partial charge in [0.2, 0.25) is 5.56 Å². The van der Waals surface area contributed by atoms with Gasteiger partial charge in [-0.25, -0.2) is 0 Å². The topological polar surface area (TPSA) is 68.1 Å². The maximum absolute atomic E-state index is 10.8. The van der Waals surface area contributed by atoms with E-state index < -0.39 is 0 Å². The van der Waals surface area contributed by atoms with Crippen LogP contribution < -0.4 is 11.3 Å². The average Bonchev–Trinajstić information content (AvgIpc) is 2.05. The number of aromatic amines is 1. The van der Waals surface area contributed by atoms with Crippen molar-refractivity contribution in [2.75, 3.05) is 13.7 Å². The van der Waals surface area contributed by atoms with Gasteiger partial charge in [-0.15, -0.1) is 0 Å². The van der Waals surface area contributed by atoms with Crippen molar-refractivity contribution in [2.45, 2.75) is 6.04 Å². The number of methoxy groups -OCH3 is 1. The molecule has 66 valence electrons. The van der Waals surface area contributed by atoms with Gasteiger partial charge in [-0.05, 0) is 6.07 Å². The Bertz CT molecular complexity index is 295. The molecule has 0 saturated heterocycles. The predicted molar refractivity (Wildman–Crippen MR) is 45.9 cm³/mol. The van der Waals surface area contributed by atoms with Gasteiger partial charge in [0, 0.05) is 18.9 Å². The Kier molecular flexibility index (Phi) is 3.01. The van der Waals surface area contributed by atoms with E-state index in [0.29, 0.717) is 12.3 Å². The van der Waals surface area contributed by atoms with Crippen LogP contribution in [-0.4, -0.2) is 18.7 Å². The summed E-state index contributed by atoms with van der Waals surface area (Å²) in [5.41, 5.74) is 6.24. The average molecular weight is 168 g/mol. The SMILES string of the molecule is COCC(N)c1cccc(=O)[nH]1. The molecular weight excluding hydrogens is 156 g/mol. The second kappa shape index (κ2) is 4.04. The van der Waals surface area contributed by atoms with Gasteiger partial charge < -0.3 is 15.5 Å². The third-order valence-corrected chi connectivity index (χ3v) is 1.54. The lowest BCUT2D eigenvalue weighted by Crippen LogP contribution is -2.20. The summed E-state index contributed by atoms with van der Waals surface area (Å²) in [4.78, 5) is 13.5. The van der Waals surface area contributed by atoms with E-state index in [1.807, 2.05) is 0 Å². The number of nitrogens with one attached hydrogen (secondary N) is 1. The second-order valence-electron chi connectivity index (χ2n) is 2.53. The minimum absolute atomic E-state index is 0.140. The number of aromatic nitrogens is 1. The van der Waals surface area contributed by atoms with Crippen LogP contribution in [0.2, 0.25) is 0 Å². The zero-order valence-electron chi connectivity index (χ0n) is 6.91. The third-order valence-electron chi connectivity index (χ3n) is 1.54. The van der Waals surface area contributed by atoms with Gasteiger partial charge in [-0.3, -0.25) is 4.79 Å². The Morgan fingerprint density at radius 3 is 3.00 bits per heavy atom. The summed E-state index contributed by atoms with van der Waals surface area (Å²) >= 11 is 0. The quantitative estimate of drug-likeness (QED) is 0.668. The fraction of sp³-hybridized carbons (Fsp3) is 0.375. The van der Waals surface area contributed by atoms with E-state index in [1.165, 1.54) is 6.07 Å². The molecule has 0 aliphatic carbocycles. The maximum atomic E-state index is 10.8. The second-order valence-corrected chi connectivity index (χ2v) is 2.53. The summed E-state index contributed by atoms with van der Waals surface area (Å²) < 4.78 is 4.85. The zero-order valence-corrected chi connectivity index (χ0v) is 6.91. The van der Waals surface area contributed by atoms with Gasteiger partial charge in [0.05, 0.1) is 12.6 Å². The molecule has 0 bridgehead atoms. The number of hydrogen-bond donors (Lipinski definition) is 2. The lowest BCUT2D eigenvalue weighted by molar-refractivity contribution is 0.179. The molecule has 0 spiro atoms. The van der Waals surface area contributed by atoms with Crippen LogP contribution in [0.5, 0.6) is 0 Å². The molecule has 0 amide bonds. The highest BCUT2D eigenvalue weighted by Gasteiger charge is 2.04. The van der Waals surface area contributed by atoms with Crippen LogP contribution in [0.25, 0.3) is 0 Å². The Morgan fingerprint density at radius 1 is 1.67 bits per heavy atom. The molecule has 3 N–H and O–H groups in total. The van der Waals surface area contributed by atoms with E-state index in [2.05, 4.69) is 4.98 Å². The van der Waals surface area contributed by atoms with Gasteiger partial charge in [0.1, 0.15) is 0 Å². The van der Waals surface area contributed by atoms with E-state index in [0.717, 1.165) is 0 Å². The monoisotopic (exact) mass is 168 g/mol. The summed E-state index contributed by atoms with van der Waals surface area (Å²) in [6, 6.07) is 4.63. The van der Waals surface area contributed by atoms with Crippen molar-refractivity contribution < 1.29 is 4.74 Å². The molecule has 1 aromatic heterocycles. The first kappa shape index (κ1) is 8.96. The standard InChI is InChI=1S/C8H12N2O2/c1-12-5-6(9)7-3-2-4-8(11)10-7/h2-4,6H,5,9H2,1H3,(H,10,11). The van der Waals surface area contributed by atoms with Crippen LogP contribution in [0.4, 0.5) is 0 Å². The predicted octanol–water partition coefficient (Wildman–Crippen LogP) is 0.0211. The van der Waals surface area contributed by atoms with Gasteiger partial charge >= 0.3 is 0 Å². The van der Waals surface area contributed by atoms with Crippen LogP contribution in [0.3, 0.4) is 0 Å². The number of hydrogen-bond acceptors (Lipinski definition) is 3. The van der Waals surface area contributed by atoms with Crippen molar-refractivity contribution in [1.29, 1.82) is 0 Å². The summed E-state index contributed by atoms with van der Waals surface area (Å²) in [5.74, 6) is 0. The summed E-state index contributed by atoms with van der Waals surface area (Å²) in [7, 11) is 1.57. The minimum atomic E-state index is -0.260. The number of nitrogens with two attached hydrogens (primary N) is 1. The van der Waals surface area contributed by atoms with E-state index in [9.17, 15) is 4.79 Å². The fourth-order valence-electron chi connectivity index (χ4n) is 0.950. The molecule has 0 aliphatic heterocycles. The molecule has 1 rings (SSSR count). The van der Waals surface area contributed by atoms with E-state index in [-0.39, 0.29) is 11.6 Å². The van der Waals surface area contributed by atoms with Crippen molar-refractivity contribution in [1.82, 2.24) is 4.98 Å². The Balaban J connectivity index is 2.80. The van der Waals surface area contributed by atoms with Gasteiger partial charge in [0.25, 0.3) is 0 Å². The first-order chi connectivity index (χ1) is 5.74. The molecule has 0 aliphatic rings. The molecule has 12 heavy (non-hydrogen) atoms. The van der Waals surface area contributed by atoms with Crippen molar-refractivity contribution in [3.05, 3.63) is 34.2 Å². The molecule has 4 heteroatoms. The number of pyridine rings is 1. The normalized spacial score (nSPS) is 12.8.